The lowest BCUT2D eigenvalue weighted by Crippen LogP contribution is -2.31. The van der Waals surface area contributed by atoms with E-state index in [1.54, 1.807) is 36.4 Å². The number of hydrogen-bond acceptors (Lipinski definition) is 3. The summed E-state index contributed by atoms with van der Waals surface area (Å²) in [6, 6.07) is 13.8. The minimum absolute atomic E-state index is 0.0988. The summed E-state index contributed by atoms with van der Waals surface area (Å²) in [7, 11) is 0. The largest absolute Gasteiger partial charge is 0.484 e. The number of amides is 2. The third kappa shape index (κ3) is 5.80. The summed E-state index contributed by atoms with van der Waals surface area (Å²) < 4.78 is 5.45. The number of nitrogens with one attached hydrogen (secondary N) is 2. The van der Waals surface area contributed by atoms with Crippen LogP contribution in [0.1, 0.15) is 35.8 Å². The van der Waals surface area contributed by atoms with Crippen LogP contribution in [0, 0.1) is 0 Å². The van der Waals surface area contributed by atoms with Crippen molar-refractivity contribution in [3.8, 4) is 5.75 Å². The molecule has 2 rings (SSSR count). The Morgan fingerprint density at radius 1 is 1.08 bits per heavy atom. The Hall–Kier alpha value is -2.53. The minimum Gasteiger partial charge on any atom is -0.484 e. The van der Waals surface area contributed by atoms with Gasteiger partial charge >= 0.3 is 0 Å². The second-order valence-electron chi connectivity index (χ2n) is 5.51. The number of ether oxygens (including phenoxy) is 1. The first-order valence-corrected chi connectivity index (χ1v) is 8.43. The van der Waals surface area contributed by atoms with Crippen LogP contribution in [-0.2, 0) is 4.79 Å². The van der Waals surface area contributed by atoms with E-state index in [9.17, 15) is 9.59 Å². The van der Waals surface area contributed by atoms with E-state index in [1.807, 2.05) is 26.0 Å². The van der Waals surface area contributed by atoms with E-state index >= 15 is 0 Å². The summed E-state index contributed by atoms with van der Waals surface area (Å²) in [5.74, 6) is 0.168. The van der Waals surface area contributed by atoms with E-state index < -0.39 is 0 Å². The quantitative estimate of drug-likeness (QED) is 0.795. The molecule has 0 aromatic heterocycles. The van der Waals surface area contributed by atoms with Gasteiger partial charge in [-0.25, -0.2) is 0 Å². The summed E-state index contributed by atoms with van der Waals surface area (Å²) in [6.07, 6.45) is 0. The Labute approximate surface area is 152 Å². The highest BCUT2D eigenvalue weighted by Gasteiger charge is 2.10. The highest BCUT2D eigenvalue weighted by molar-refractivity contribution is 6.30. The van der Waals surface area contributed by atoms with Gasteiger partial charge in [-0.1, -0.05) is 23.7 Å². The number of benzene rings is 2. The SMILES string of the molecule is CCNC(=O)c1ccc(OCC(=O)NC(C)c2ccc(Cl)cc2)cc1. The van der Waals surface area contributed by atoms with Gasteiger partial charge < -0.3 is 15.4 Å². The lowest BCUT2D eigenvalue weighted by atomic mass is 10.1. The first-order chi connectivity index (χ1) is 12.0. The van der Waals surface area contributed by atoms with Crippen molar-refractivity contribution >= 4 is 23.4 Å². The molecule has 0 aliphatic heterocycles. The molecule has 5 nitrogen and oxygen atoms in total. The normalized spacial score (nSPS) is 11.5. The Bertz CT molecular complexity index is 714. The highest BCUT2D eigenvalue weighted by Crippen LogP contribution is 2.16. The fraction of sp³-hybridized carbons (Fsp3) is 0.263. The second-order valence-corrected chi connectivity index (χ2v) is 5.95. The molecule has 2 aromatic rings. The van der Waals surface area contributed by atoms with E-state index in [0.29, 0.717) is 22.9 Å². The maximum Gasteiger partial charge on any atom is 0.258 e. The molecular weight excluding hydrogens is 340 g/mol. The summed E-state index contributed by atoms with van der Waals surface area (Å²) >= 11 is 5.86. The monoisotopic (exact) mass is 360 g/mol. The van der Waals surface area contributed by atoms with Crippen molar-refractivity contribution < 1.29 is 14.3 Å². The van der Waals surface area contributed by atoms with E-state index in [4.69, 9.17) is 16.3 Å². The van der Waals surface area contributed by atoms with Gasteiger partial charge in [0.25, 0.3) is 11.8 Å². The average Bonchev–Trinajstić information content (AvgIpc) is 2.61. The van der Waals surface area contributed by atoms with Gasteiger partial charge in [-0.15, -0.1) is 0 Å². The van der Waals surface area contributed by atoms with Crippen LogP contribution in [0.2, 0.25) is 5.02 Å². The number of halogens is 1. The maximum absolute atomic E-state index is 12.0. The second kappa shape index (κ2) is 9.08. The summed E-state index contributed by atoms with van der Waals surface area (Å²) in [6.45, 7) is 4.22. The average molecular weight is 361 g/mol. The Kier molecular flexibility index (Phi) is 6.83. The highest BCUT2D eigenvalue weighted by atomic mass is 35.5. The molecule has 1 unspecified atom stereocenters. The van der Waals surface area contributed by atoms with Gasteiger partial charge in [-0.05, 0) is 55.8 Å². The molecule has 2 N–H and O–H groups in total. The predicted molar refractivity (Wildman–Crippen MR) is 98.0 cm³/mol. The molecule has 6 heteroatoms. The van der Waals surface area contributed by atoms with Crippen molar-refractivity contribution in [2.75, 3.05) is 13.2 Å². The Morgan fingerprint density at radius 2 is 1.72 bits per heavy atom. The third-order valence-electron chi connectivity index (χ3n) is 3.57. The molecule has 2 amide bonds. The van der Waals surface area contributed by atoms with E-state index in [-0.39, 0.29) is 24.5 Å². The van der Waals surface area contributed by atoms with Gasteiger partial charge in [0, 0.05) is 17.1 Å². The zero-order chi connectivity index (χ0) is 18.2. The first kappa shape index (κ1) is 18.8. The van der Waals surface area contributed by atoms with Crippen LogP contribution in [-0.4, -0.2) is 25.0 Å². The van der Waals surface area contributed by atoms with Crippen LogP contribution in [0.3, 0.4) is 0 Å². The predicted octanol–water partition coefficient (Wildman–Crippen LogP) is 3.35. The fourth-order valence-electron chi connectivity index (χ4n) is 2.23. The van der Waals surface area contributed by atoms with Crippen LogP contribution in [0.25, 0.3) is 0 Å². The van der Waals surface area contributed by atoms with Crippen LogP contribution in [0.5, 0.6) is 5.75 Å². The van der Waals surface area contributed by atoms with Gasteiger partial charge in [-0.3, -0.25) is 9.59 Å². The molecule has 0 saturated carbocycles. The first-order valence-electron chi connectivity index (χ1n) is 8.05. The topological polar surface area (TPSA) is 67.4 Å². The molecule has 2 aromatic carbocycles. The van der Waals surface area contributed by atoms with Crippen molar-refractivity contribution in [1.29, 1.82) is 0 Å². The minimum atomic E-state index is -0.227. The zero-order valence-corrected chi connectivity index (χ0v) is 15.0. The number of carbonyl (C=O) groups excluding carboxylic acids is 2. The van der Waals surface area contributed by atoms with Crippen molar-refractivity contribution in [2.45, 2.75) is 19.9 Å². The maximum atomic E-state index is 12.0. The van der Waals surface area contributed by atoms with Crippen molar-refractivity contribution in [3.05, 3.63) is 64.7 Å². The molecule has 132 valence electrons. The number of hydrogen-bond donors (Lipinski definition) is 2. The number of rotatable bonds is 7. The molecule has 0 spiro atoms. The van der Waals surface area contributed by atoms with Crippen LogP contribution in [0.15, 0.2) is 48.5 Å². The van der Waals surface area contributed by atoms with E-state index in [2.05, 4.69) is 10.6 Å². The standard InChI is InChI=1S/C19H21ClN2O3/c1-3-21-19(24)15-6-10-17(11-7-15)25-12-18(23)22-13(2)14-4-8-16(20)9-5-14/h4-11,13H,3,12H2,1-2H3,(H,21,24)(H,22,23). The third-order valence-corrected chi connectivity index (χ3v) is 3.82. The molecular formula is C19H21ClN2O3. The molecule has 0 aliphatic carbocycles. The molecule has 0 fully saturated rings. The fourth-order valence-corrected chi connectivity index (χ4v) is 2.36. The van der Waals surface area contributed by atoms with Crippen LogP contribution in [0.4, 0.5) is 0 Å². The van der Waals surface area contributed by atoms with Gasteiger partial charge in [0.05, 0.1) is 6.04 Å². The van der Waals surface area contributed by atoms with Gasteiger partial charge in [0.2, 0.25) is 0 Å². The zero-order valence-electron chi connectivity index (χ0n) is 14.2. The van der Waals surface area contributed by atoms with E-state index in [0.717, 1.165) is 5.56 Å². The molecule has 0 radical (unpaired) electrons. The molecule has 0 bridgehead atoms. The number of carbonyl (C=O) groups is 2. The van der Waals surface area contributed by atoms with Gasteiger partial charge in [-0.2, -0.15) is 0 Å². The van der Waals surface area contributed by atoms with Crippen LogP contribution >= 0.6 is 11.6 Å². The molecule has 0 saturated heterocycles. The smallest absolute Gasteiger partial charge is 0.258 e. The summed E-state index contributed by atoms with van der Waals surface area (Å²) in [5, 5.41) is 6.24. The molecule has 0 heterocycles. The van der Waals surface area contributed by atoms with Gasteiger partial charge in [0.15, 0.2) is 6.61 Å². The van der Waals surface area contributed by atoms with Crippen molar-refractivity contribution in [1.82, 2.24) is 10.6 Å². The Morgan fingerprint density at radius 3 is 2.32 bits per heavy atom. The molecule has 25 heavy (non-hydrogen) atoms. The molecule has 1 atom stereocenters. The van der Waals surface area contributed by atoms with Crippen LogP contribution < -0.4 is 15.4 Å². The molecule has 0 aliphatic rings. The van der Waals surface area contributed by atoms with Gasteiger partial charge in [0.1, 0.15) is 5.75 Å². The lowest BCUT2D eigenvalue weighted by Gasteiger charge is -2.15. The van der Waals surface area contributed by atoms with Crippen molar-refractivity contribution in [3.63, 3.8) is 0 Å². The Balaban J connectivity index is 1.83. The summed E-state index contributed by atoms with van der Waals surface area (Å²) in [5.41, 5.74) is 1.51. The lowest BCUT2D eigenvalue weighted by molar-refractivity contribution is -0.123. The summed E-state index contributed by atoms with van der Waals surface area (Å²) in [4.78, 5) is 23.7. The van der Waals surface area contributed by atoms with E-state index in [1.165, 1.54) is 0 Å². The van der Waals surface area contributed by atoms with Crippen molar-refractivity contribution in [2.24, 2.45) is 0 Å².